The molecule has 62 valence electrons. The molecule has 0 spiro atoms. The predicted molar refractivity (Wildman–Crippen MR) is 47.3 cm³/mol. The van der Waals surface area contributed by atoms with E-state index in [4.69, 9.17) is 0 Å². The molecule has 1 nitrogen and oxygen atoms in total. The molecule has 1 atom stereocenters. The Labute approximate surface area is 68.4 Å². The molecule has 1 rings (SSSR count). The third kappa shape index (κ3) is 2.19. The molecule has 11 heavy (non-hydrogen) atoms. The summed E-state index contributed by atoms with van der Waals surface area (Å²) in [6.07, 6.45) is 8.22. The third-order valence-electron chi connectivity index (χ3n) is 2.00. The van der Waals surface area contributed by atoms with Crippen LogP contribution in [0.15, 0.2) is 23.8 Å². The van der Waals surface area contributed by atoms with Gasteiger partial charge in [-0.05, 0) is 24.3 Å². The molecule has 0 amide bonds. The summed E-state index contributed by atoms with van der Waals surface area (Å²) in [5.41, 5.74) is 1.09. The van der Waals surface area contributed by atoms with E-state index in [2.05, 4.69) is 12.2 Å². The smallest absolute Gasteiger partial charge is 0.0809 e. The molecule has 1 heteroatoms. The zero-order chi connectivity index (χ0) is 8.27. The van der Waals surface area contributed by atoms with Crippen molar-refractivity contribution in [3.63, 3.8) is 0 Å². The quantitative estimate of drug-likeness (QED) is 0.643. The van der Waals surface area contributed by atoms with Crippen molar-refractivity contribution in [3.8, 4) is 0 Å². The zero-order valence-electron chi connectivity index (χ0n) is 7.25. The SMILES string of the molecule is CC(C)C(O)C1=CCCC=C1. The van der Waals surface area contributed by atoms with Gasteiger partial charge in [0.2, 0.25) is 0 Å². The van der Waals surface area contributed by atoms with Gasteiger partial charge in [0.05, 0.1) is 6.10 Å². The van der Waals surface area contributed by atoms with Gasteiger partial charge in [-0.25, -0.2) is 0 Å². The van der Waals surface area contributed by atoms with E-state index >= 15 is 0 Å². The predicted octanol–water partition coefficient (Wildman–Crippen LogP) is 2.28. The van der Waals surface area contributed by atoms with Crippen LogP contribution in [-0.4, -0.2) is 11.2 Å². The first-order valence-electron chi connectivity index (χ1n) is 4.26. The Morgan fingerprint density at radius 2 is 2.09 bits per heavy atom. The standard InChI is InChI=1S/C10H16O/c1-8(2)10(11)9-6-4-3-5-7-9/h4,6-8,10-11H,3,5H2,1-2H3. The van der Waals surface area contributed by atoms with E-state index in [-0.39, 0.29) is 6.10 Å². The highest BCUT2D eigenvalue weighted by atomic mass is 16.3. The number of hydrogen-bond acceptors (Lipinski definition) is 1. The van der Waals surface area contributed by atoms with Crippen LogP contribution in [0.5, 0.6) is 0 Å². The Balaban J connectivity index is 2.59. The van der Waals surface area contributed by atoms with Crippen molar-refractivity contribution < 1.29 is 5.11 Å². The van der Waals surface area contributed by atoms with Crippen LogP contribution in [0.2, 0.25) is 0 Å². The minimum Gasteiger partial charge on any atom is -0.388 e. The molecule has 0 radical (unpaired) electrons. The lowest BCUT2D eigenvalue weighted by Gasteiger charge is -2.17. The molecule has 1 N–H and O–H groups in total. The van der Waals surface area contributed by atoms with Crippen LogP contribution in [0.25, 0.3) is 0 Å². The van der Waals surface area contributed by atoms with Gasteiger partial charge in [-0.2, -0.15) is 0 Å². The van der Waals surface area contributed by atoms with Gasteiger partial charge in [-0.15, -0.1) is 0 Å². The molecule has 0 aromatic carbocycles. The van der Waals surface area contributed by atoms with Crippen molar-refractivity contribution in [1.29, 1.82) is 0 Å². The monoisotopic (exact) mass is 152 g/mol. The maximum atomic E-state index is 9.63. The minimum atomic E-state index is -0.272. The van der Waals surface area contributed by atoms with Gasteiger partial charge in [0.25, 0.3) is 0 Å². The van der Waals surface area contributed by atoms with Crippen molar-refractivity contribution in [2.45, 2.75) is 32.8 Å². The average Bonchev–Trinajstić information content (AvgIpc) is 2.05. The van der Waals surface area contributed by atoms with Crippen LogP contribution in [0.3, 0.4) is 0 Å². The summed E-state index contributed by atoms with van der Waals surface area (Å²) in [6, 6.07) is 0. The van der Waals surface area contributed by atoms with E-state index < -0.39 is 0 Å². The van der Waals surface area contributed by atoms with Gasteiger partial charge in [-0.1, -0.05) is 32.1 Å². The molecule has 1 aliphatic carbocycles. The highest BCUT2D eigenvalue weighted by Gasteiger charge is 2.12. The molecule has 0 aromatic rings. The van der Waals surface area contributed by atoms with E-state index in [1.165, 1.54) is 0 Å². The van der Waals surface area contributed by atoms with E-state index in [0.717, 1.165) is 18.4 Å². The lowest BCUT2D eigenvalue weighted by molar-refractivity contribution is 0.163. The van der Waals surface area contributed by atoms with Crippen LogP contribution in [0.4, 0.5) is 0 Å². The van der Waals surface area contributed by atoms with Crippen LogP contribution in [-0.2, 0) is 0 Å². The summed E-state index contributed by atoms with van der Waals surface area (Å²) < 4.78 is 0. The number of hydrogen-bond donors (Lipinski definition) is 1. The molecule has 0 aromatic heterocycles. The van der Waals surface area contributed by atoms with Crippen LogP contribution in [0.1, 0.15) is 26.7 Å². The summed E-state index contributed by atoms with van der Waals surface area (Å²) >= 11 is 0. The maximum absolute atomic E-state index is 9.63. The first-order chi connectivity index (χ1) is 5.22. The minimum absolute atomic E-state index is 0.272. The Morgan fingerprint density at radius 3 is 2.55 bits per heavy atom. The first-order valence-corrected chi connectivity index (χ1v) is 4.26. The summed E-state index contributed by atoms with van der Waals surface area (Å²) in [5.74, 6) is 0.323. The molecule has 0 aliphatic heterocycles. The van der Waals surface area contributed by atoms with Gasteiger partial charge in [0.1, 0.15) is 0 Å². The van der Waals surface area contributed by atoms with E-state index in [0.29, 0.717) is 5.92 Å². The topological polar surface area (TPSA) is 20.2 Å². The van der Waals surface area contributed by atoms with Crippen LogP contribution >= 0.6 is 0 Å². The summed E-state index contributed by atoms with van der Waals surface area (Å²) in [7, 11) is 0. The van der Waals surface area contributed by atoms with Crippen molar-refractivity contribution in [3.05, 3.63) is 23.8 Å². The molecule has 1 aliphatic rings. The molecular weight excluding hydrogens is 136 g/mol. The van der Waals surface area contributed by atoms with E-state index in [1.807, 2.05) is 19.9 Å². The van der Waals surface area contributed by atoms with Crippen LogP contribution in [0, 0.1) is 5.92 Å². The highest BCUT2D eigenvalue weighted by molar-refractivity contribution is 5.26. The van der Waals surface area contributed by atoms with Crippen molar-refractivity contribution >= 4 is 0 Å². The fraction of sp³-hybridized carbons (Fsp3) is 0.600. The highest BCUT2D eigenvalue weighted by Crippen LogP contribution is 2.18. The Bertz CT molecular complexity index is 177. The Kier molecular flexibility index (Phi) is 2.89. The lowest BCUT2D eigenvalue weighted by Crippen LogP contribution is -2.17. The molecule has 0 fully saturated rings. The number of aliphatic hydroxyl groups excluding tert-OH is 1. The lowest BCUT2D eigenvalue weighted by atomic mass is 9.95. The first kappa shape index (κ1) is 8.54. The fourth-order valence-corrected chi connectivity index (χ4v) is 1.24. The number of allylic oxidation sites excluding steroid dienone is 2. The number of aliphatic hydroxyl groups is 1. The third-order valence-corrected chi connectivity index (χ3v) is 2.00. The number of rotatable bonds is 2. The van der Waals surface area contributed by atoms with Gasteiger partial charge >= 0.3 is 0 Å². The largest absolute Gasteiger partial charge is 0.388 e. The van der Waals surface area contributed by atoms with Gasteiger partial charge in [0, 0.05) is 0 Å². The molecule has 1 unspecified atom stereocenters. The maximum Gasteiger partial charge on any atom is 0.0809 e. The van der Waals surface area contributed by atoms with Gasteiger partial charge in [-0.3, -0.25) is 0 Å². The normalized spacial score (nSPS) is 20.2. The summed E-state index contributed by atoms with van der Waals surface area (Å²) in [4.78, 5) is 0. The summed E-state index contributed by atoms with van der Waals surface area (Å²) in [5, 5.41) is 9.63. The second-order valence-corrected chi connectivity index (χ2v) is 3.37. The van der Waals surface area contributed by atoms with Crippen LogP contribution < -0.4 is 0 Å². The fourth-order valence-electron chi connectivity index (χ4n) is 1.24. The molecule has 0 heterocycles. The van der Waals surface area contributed by atoms with Gasteiger partial charge < -0.3 is 5.11 Å². The van der Waals surface area contributed by atoms with Gasteiger partial charge in [0.15, 0.2) is 0 Å². The Hall–Kier alpha value is -0.560. The Morgan fingerprint density at radius 1 is 1.36 bits per heavy atom. The molecule has 0 saturated heterocycles. The summed E-state index contributed by atoms with van der Waals surface area (Å²) in [6.45, 7) is 4.07. The molecular formula is C10H16O. The van der Waals surface area contributed by atoms with E-state index in [9.17, 15) is 5.11 Å². The second-order valence-electron chi connectivity index (χ2n) is 3.37. The van der Waals surface area contributed by atoms with Crippen molar-refractivity contribution in [1.82, 2.24) is 0 Å². The second kappa shape index (κ2) is 3.72. The zero-order valence-corrected chi connectivity index (χ0v) is 7.25. The average molecular weight is 152 g/mol. The molecule has 0 bridgehead atoms. The molecule has 0 saturated carbocycles. The van der Waals surface area contributed by atoms with Crippen molar-refractivity contribution in [2.24, 2.45) is 5.92 Å². The van der Waals surface area contributed by atoms with E-state index in [1.54, 1.807) is 0 Å². The van der Waals surface area contributed by atoms with Crippen molar-refractivity contribution in [2.75, 3.05) is 0 Å².